The molecule has 0 bridgehead atoms. The second kappa shape index (κ2) is 5.02. The van der Waals surface area contributed by atoms with Crippen molar-refractivity contribution < 1.29 is 4.79 Å². The number of benzene rings is 1. The van der Waals surface area contributed by atoms with Gasteiger partial charge in [-0.1, -0.05) is 11.6 Å². The van der Waals surface area contributed by atoms with E-state index in [0.717, 1.165) is 18.7 Å². The van der Waals surface area contributed by atoms with Crippen LogP contribution >= 0.6 is 11.6 Å². The molecule has 1 atom stereocenters. The number of urea groups is 1. The number of carbonyl (C=O) groups excluding carboxylic acids is 1. The van der Waals surface area contributed by atoms with Gasteiger partial charge in [0.15, 0.2) is 0 Å². The lowest BCUT2D eigenvalue weighted by molar-refractivity contribution is 0.209. The van der Waals surface area contributed by atoms with Gasteiger partial charge in [0.1, 0.15) is 0 Å². The van der Waals surface area contributed by atoms with Crippen LogP contribution in [-0.2, 0) is 6.54 Å². The lowest BCUT2D eigenvalue weighted by atomic mass is 9.96. The van der Waals surface area contributed by atoms with Crippen LogP contribution in [0.3, 0.4) is 0 Å². The van der Waals surface area contributed by atoms with Crippen molar-refractivity contribution in [3.8, 4) is 0 Å². The molecule has 0 spiro atoms. The van der Waals surface area contributed by atoms with Crippen molar-refractivity contribution in [2.24, 2.45) is 0 Å². The third kappa shape index (κ3) is 2.30. The highest BCUT2D eigenvalue weighted by Crippen LogP contribution is 2.36. The van der Waals surface area contributed by atoms with Gasteiger partial charge in [0.2, 0.25) is 0 Å². The smallest absolute Gasteiger partial charge is 0.320 e. The quantitative estimate of drug-likeness (QED) is 0.874. The molecule has 102 valence electrons. The molecule has 2 N–H and O–H groups in total. The highest BCUT2D eigenvalue weighted by atomic mass is 35.5. The minimum absolute atomic E-state index is 0.0393. The number of halogens is 1. The SMILES string of the molecule is CCN1Cc2c(cc(Cl)cc2C2CCCN2)NC1=O. The maximum absolute atomic E-state index is 11.9. The third-order valence-corrected chi connectivity index (χ3v) is 4.16. The Hall–Kier alpha value is -1.26. The lowest BCUT2D eigenvalue weighted by Gasteiger charge is -2.31. The van der Waals surface area contributed by atoms with Crippen molar-refractivity contribution in [3.05, 3.63) is 28.3 Å². The molecule has 4 nitrogen and oxygen atoms in total. The highest BCUT2D eigenvalue weighted by Gasteiger charge is 2.27. The van der Waals surface area contributed by atoms with Gasteiger partial charge in [-0.2, -0.15) is 0 Å². The summed E-state index contributed by atoms with van der Waals surface area (Å²) >= 11 is 6.19. The van der Waals surface area contributed by atoms with Crippen molar-refractivity contribution in [1.29, 1.82) is 0 Å². The summed E-state index contributed by atoms with van der Waals surface area (Å²) in [7, 11) is 0. The van der Waals surface area contributed by atoms with Crippen molar-refractivity contribution in [2.45, 2.75) is 32.4 Å². The number of hydrogen-bond donors (Lipinski definition) is 2. The third-order valence-electron chi connectivity index (χ3n) is 3.94. The van der Waals surface area contributed by atoms with E-state index in [4.69, 9.17) is 11.6 Å². The summed E-state index contributed by atoms with van der Waals surface area (Å²) < 4.78 is 0. The number of nitrogens with zero attached hydrogens (tertiary/aromatic N) is 1. The van der Waals surface area contributed by atoms with Crippen LogP contribution in [0.2, 0.25) is 5.02 Å². The second-order valence-electron chi connectivity index (χ2n) is 5.11. The van der Waals surface area contributed by atoms with Gasteiger partial charge < -0.3 is 15.5 Å². The van der Waals surface area contributed by atoms with Crippen LogP contribution in [0.1, 0.15) is 36.9 Å². The zero-order valence-corrected chi connectivity index (χ0v) is 11.8. The molecule has 2 heterocycles. The molecular formula is C14H18ClN3O. The standard InChI is InChI=1S/C14H18ClN3O/c1-2-18-8-11-10(12-4-3-5-16-12)6-9(15)7-13(11)17-14(18)19/h6-7,12,16H,2-5,8H2,1H3,(H,17,19). The summed E-state index contributed by atoms with van der Waals surface area (Å²) in [6.07, 6.45) is 2.32. The van der Waals surface area contributed by atoms with E-state index in [1.54, 1.807) is 0 Å². The molecule has 1 saturated heterocycles. The number of fused-ring (bicyclic) bond motifs is 1. The van der Waals surface area contributed by atoms with E-state index >= 15 is 0 Å². The zero-order valence-electron chi connectivity index (χ0n) is 11.0. The largest absolute Gasteiger partial charge is 0.322 e. The molecular weight excluding hydrogens is 262 g/mol. The molecule has 0 aliphatic carbocycles. The number of hydrogen-bond acceptors (Lipinski definition) is 2. The number of carbonyl (C=O) groups is 1. The Balaban J connectivity index is 2.03. The van der Waals surface area contributed by atoms with Crippen LogP contribution in [0.5, 0.6) is 0 Å². The van der Waals surface area contributed by atoms with Gasteiger partial charge in [-0.05, 0) is 44.0 Å². The van der Waals surface area contributed by atoms with E-state index in [-0.39, 0.29) is 6.03 Å². The van der Waals surface area contributed by atoms with Crippen LogP contribution in [0, 0.1) is 0 Å². The minimum Gasteiger partial charge on any atom is -0.320 e. The topological polar surface area (TPSA) is 44.4 Å². The Bertz CT molecular complexity index is 512. The lowest BCUT2D eigenvalue weighted by Crippen LogP contribution is -2.39. The van der Waals surface area contributed by atoms with Crippen LogP contribution in [-0.4, -0.2) is 24.0 Å². The molecule has 0 saturated carbocycles. The Morgan fingerprint density at radius 1 is 1.47 bits per heavy atom. The molecule has 2 amide bonds. The summed E-state index contributed by atoms with van der Waals surface area (Å²) in [6.45, 7) is 4.43. The van der Waals surface area contributed by atoms with E-state index in [1.165, 1.54) is 17.5 Å². The minimum atomic E-state index is -0.0393. The number of nitrogens with one attached hydrogen (secondary N) is 2. The van der Waals surface area contributed by atoms with E-state index in [9.17, 15) is 4.79 Å². The molecule has 19 heavy (non-hydrogen) atoms. The Morgan fingerprint density at radius 3 is 3.00 bits per heavy atom. The first kappa shape index (κ1) is 12.8. The van der Waals surface area contributed by atoms with E-state index < -0.39 is 0 Å². The van der Waals surface area contributed by atoms with Crippen molar-refractivity contribution in [3.63, 3.8) is 0 Å². The Kier molecular flexibility index (Phi) is 3.37. The zero-order chi connectivity index (χ0) is 13.4. The molecule has 0 aromatic heterocycles. The molecule has 1 aromatic carbocycles. The predicted molar refractivity (Wildman–Crippen MR) is 76.5 cm³/mol. The Labute approximate surface area is 118 Å². The normalized spacial score (nSPS) is 22.3. The molecule has 2 aliphatic rings. The number of amides is 2. The summed E-state index contributed by atoms with van der Waals surface area (Å²) in [5, 5.41) is 7.13. The van der Waals surface area contributed by atoms with Crippen LogP contribution in [0.25, 0.3) is 0 Å². The maximum atomic E-state index is 11.9. The number of anilines is 1. The Morgan fingerprint density at radius 2 is 2.32 bits per heavy atom. The molecule has 1 fully saturated rings. The summed E-state index contributed by atoms with van der Waals surface area (Å²) in [5.41, 5.74) is 3.30. The summed E-state index contributed by atoms with van der Waals surface area (Å²) in [6, 6.07) is 4.21. The van der Waals surface area contributed by atoms with Crippen molar-refractivity contribution >= 4 is 23.3 Å². The van der Waals surface area contributed by atoms with E-state index in [1.807, 2.05) is 24.0 Å². The van der Waals surface area contributed by atoms with Gasteiger partial charge in [0.05, 0.1) is 0 Å². The first-order valence-electron chi connectivity index (χ1n) is 6.80. The van der Waals surface area contributed by atoms with Gasteiger partial charge in [-0.25, -0.2) is 4.79 Å². The molecule has 3 rings (SSSR count). The van der Waals surface area contributed by atoms with Gasteiger partial charge in [0, 0.05) is 35.4 Å². The molecule has 5 heteroatoms. The number of rotatable bonds is 2. The highest BCUT2D eigenvalue weighted by molar-refractivity contribution is 6.31. The average molecular weight is 280 g/mol. The van der Waals surface area contributed by atoms with Gasteiger partial charge in [-0.15, -0.1) is 0 Å². The predicted octanol–water partition coefficient (Wildman–Crippen LogP) is 3.13. The van der Waals surface area contributed by atoms with E-state index in [2.05, 4.69) is 10.6 Å². The average Bonchev–Trinajstić information content (AvgIpc) is 2.90. The fourth-order valence-corrected chi connectivity index (χ4v) is 3.15. The first-order valence-corrected chi connectivity index (χ1v) is 7.18. The molecule has 1 unspecified atom stereocenters. The fourth-order valence-electron chi connectivity index (χ4n) is 2.92. The molecule has 0 radical (unpaired) electrons. The molecule has 2 aliphatic heterocycles. The van der Waals surface area contributed by atoms with Crippen LogP contribution in [0.4, 0.5) is 10.5 Å². The summed E-state index contributed by atoms with van der Waals surface area (Å²) in [4.78, 5) is 13.7. The summed E-state index contributed by atoms with van der Waals surface area (Å²) in [5.74, 6) is 0. The van der Waals surface area contributed by atoms with Gasteiger partial charge >= 0.3 is 6.03 Å². The molecule has 1 aromatic rings. The maximum Gasteiger partial charge on any atom is 0.322 e. The fraction of sp³-hybridized carbons (Fsp3) is 0.500. The van der Waals surface area contributed by atoms with Gasteiger partial charge in [0.25, 0.3) is 0 Å². The first-order chi connectivity index (χ1) is 9.19. The van der Waals surface area contributed by atoms with Crippen LogP contribution in [0.15, 0.2) is 12.1 Å². The van der Waals surface area contributed by atoms with E-state index in [0.29, 0.717) is 24.2 Å². The van der Waals surface area contributed by atoms with Crippen molar-refractivity contribution in [2.75, 3.05) is 18.4 Å². The van der Waals surface area contributed by atoms with Gasteiger partial charge in [-0.3, -0.25) is 0 Å². The monoisotopic (exact) mass is 279 g/mol. The van der Waals surface area contributed by atoms with Crippen LogP contribution < -0.4 is 10.6 Å². The van der Waals surface area contributed by atoms with Crippen molar-refractivity contribution in [1.82, 2.24) is 10.2 Å². The second-order valence-corrected chi connectivity index (χ2v) is 5.55.